The van der Waals surface area contributed by atoms with E-state index >= 15 is 0 Å². The number of aliphatic hydroxyl groups excluding tert-OH is 1. The van der Waals surface area contributed by atoms with Crippen LogP contribution in [0.2, 0.25) is 0 Å². The summed E-state index contributed by atoms with van der Waals surface area (Å²) >= 11 is 0. The fourth-order valence-electron chi connectivity index (χ4n) is 2.23. The van der Waals surface area contributed by atoms with Gasteiger partial charge in [-0.2, -0.15) is 5.10 Å². The van der Waals surface area contributed by atoms with Crippen LogP contribution in [-0.4, -0.2) is 21.4 Å². The van der Waals surface area contributed by atoms with Crippen molar-refractivity contribution in [2.75, 3.05) is 6.54 Å². The van der Waals surface area contributed by atoms with Gasteiger partial charge in [0.25, 0.3) is 0 Å². The van der Waals surface area contributed by atoms with Crippen molar-refractivity contribution in [1.29, 1.82) is 0 Å². The largest absolute Gasteiger partial charge is 0.386 e. The maximum Gasteiger partial charge on any atom is 0.105 e. The molecule has 1 saturated carbocycles. The molecule has 0 bridgehead atoms. The molecule has 1 unspecified atom stereocenters. The molecule has 3 N–H and O–H groups in total. The van der Waals surface area contributed by atoms with Crippen LogP contribution in [-0.2, 0) is 6.54 Å². The van der Waals surface area contributed by atoms with Crippen LogP contribution in [0.1, 0.15) is 38.0 Å². The molecule has 2 rings (SSSR count). The molecule has 0 aliphatic heterocycles. The van der Waals surface area contributed by atoms with Crippen LogP contribution in [0.25, 0.3) is 0 Å². The minimum absolute atomic E-state index is 0.104. The Kier molecular flexibility index (Phi) is 2.80. The molecule has 1 aromatic heterocycles. The maximum absolute atomic E-state index is 10.2. The van der Waals surface area contributed by atoms with E-state index in [0.717, 1.165) is 25.1 Å². The summed E-state index contributed by atoms with van der Waals surface area (Å²) in [6, 6.07) is 1.89. The lowest BCUT2D eigenvalue weighted by molar-refractivity contribution is -0.0325. The molecule has 4 nitrogen and oxygen atoms in total. The molecule has 0 amide bonds. The smallest absolute Gasteiger partial charge is 0.105 e. The SMILES string of the molecule is CCn1ccc(C(O)C2(CN)CCC2)n1. The van der Waals surface area contributed by atoms with Gasteiger partial charge in [-0.3, -0.25) is 4.68 Å². The molecule has 0 saturated heterocycles. The number of rotatable bonds is 4. The van der Waals surface area contributed by atoms with E-state index in [2.05, 4.69) is 5.10 Å². The van der Waals surface area contributed by atoms with E-state index in [-0.39, 0.29) is 5.41 Å². The first-order valence-electron chi connectivity index (χ1n) is 5.63. The van der Waals surface area contributed by atoms with Crippen molar-refractivity contribution >= 4 is 0 Å². The van der Waals surface area contributed by atoms with Crippen LogP contribution >= 0.6 is 0 Å². The van der Waals surface area contributed by atoms with E-state index in [4.69, 9.17) is 5.73 Å². The minimum Gasteiger partial charge on any atom is -0.386 e. The van der Waals surface area contributed by atoms with Gasteiger partial charge in [0, 0.05) is 24.7 Å². The highest BCUT2D eigenvalue weighted by Gasteiger charge is 2.43. The summed E-state index contributed by atoms with van der Waals surface area (Å²) in [5.41, 5.74) is 6.41. The van der Waals surface area contributed by atoms with Crippen LogP contribution < -0.4 is 5.73 Å². The second-order valence-electron chi connectivity index (χ2n) is 4.42. The van der Waals surface area contributed by atoms with E-state index in [9.17, 15) is 5.11 Å². The Morgan fingerprint density at radius 1 is 1.67 bits per heavy atom. The van der Waals surface area contributed by atoms with E-state index in [1.54, 1.807) is 0 Å². The van der Waals surface area contributed by atoms with Gasteiger partial charge in [0.2, 0.25) is 0 Å². The van der Waals surface area contributed by atoms with Crippen molar-refractivity contribution in [3.8, 4) is 0 Å². The first-order chi connectivity index (χ1) is 7.22. The molecule has 1 aromatic rings. The number of aryl methyl sites for hydroxylation is 1. The Balaban J connectivity index is 2.15. The summed E-state index contributed by atoms with van der Waals surface area (Å²) in [5, 5.41) is 14.6. The molecule has 4 heteroatoms. The summed E-state index contributed by atoms with van der Waals surface area (Å²) in [7, 11) is 0. The van der Waals surface area contributed by atoms with E-state index in [0.29, 0.717) is 6.54 Å². The Morgan fingerprint density at radius 2 is 2.40 bits per heavy atom. The average molecular weight is 209 g/mol. The van der Waals surface area contributed by atoms with Crippen LogP contribution in [0.5, 0.6) is 0 Å². The van der Waals surface area contributed by atoms with Gasteiger partial charge in [0.05, 0.1) is 5.69 Å². The predicted molar refractivity (Wildman–Crippen MR) is 58.2 cm³/mol. The third-order valence-electron chi connectivity index (χ3n) is 3.60. The van der Waals surface area contributed by atoms with Gasteiger partial charge in [-0.05, 0) is 25.8 Å². The Labute approximate surface area is 90.1 Å². The summed E-state index contributed by atoms with van der Waals surface area (Å²) < 4.78 is 1.83. The van der Waals surface area contributed by atoms with Gasteiger partial charge in [0.15, 0.2) is 0 Å². The minimum atomic E-state index is -0.496. The highest BCUT2D eigenvalue weighted by molar-refractivity contribution is 5.10. The summed E-state index contributed by atoms with van der Waals surface area (Å²) in [5.74, 6) is 0. The van der Waals surface area contributed by atoms with E-state index in [1.807, 2.05) is 23.9 Å². The second-order valence-corrected chi connectivity index (χ2v) is 4.42. The normalized spacial score (nSPS) is 21.0. The monoisotopic (exact) mass is 209 g/mol. The molecular formula is C11H19N3O. The zero-order valence-electron chi connectivity index (χ0n) is 9.19. The third-order valence-corrected chi connectivity index (χ3v) is 3.60. The highest BCUT2D eigenvalue weighted by atomic mass is 16.3. The number of hydrogen-bond acceptors (Lipinski definition) is 3. The van der Waals surface area contributed by atoms with Crippen LogP contribution in [0.15, 0.2) is 12.3 Å². The first-order valence-corrected chi connectivity index (χ1v) is 5.63. The maximum atomic E-state index is 10.2. The van der Waals surface area contributed by atoms with Gasteiger partial charge in [0.1, 0.15) is 6.10 Å². The van der Waals surface area contributed by atoms with Gasteiger partial charge >= 0.3 is 0 Å². The van der Waals surface area contributed by atoms with E-state index < -0.39 is 6.10 Å². The van der Waals surface area contributed by atoms with Crippen LogP contribution in [0, 0.1) is 5.41 Å². The lowest BCUT2D eigenvalue weighted by Crippen LogP contribution is -2.42. The number of aliphatic hydroxyl groups is 1. The lowest BCUT2D eigenvalue weighted by atomic mass is 9.64. The molecule has 0 radical (unpaired) electrons. The summed E-state index contributed by atoms with van der Waals surface area (Å²) in [6.45, 7) is 3.42. The van der Waals surface area contributed by atoms with Crippen LogP contribution in [0.3, 0.4) is 0 Å². The molecular weight excluding hydrogens is 190 g/mol. The number of nitrogens with two attached hydrogens (primary N) is 1. The molecule has 1 fully saturated rings. The number of hydrogen-bond donors (Lipinski definition) is 2. The van der Waals surface area contributed by atoms with Gasteiger partial charge < -0.3 is 10.8 Å². The number of nitrogens with zero attached hydrogens (tertiary/aromatic N) is 2. The average Bonchev–Trinajstić information content (AvgIpc) is 2.64. The van der Waals surface area contributed by atoms with Crippen LogP contribution in [0.4, 0.5) is 0 Å². The molecule has 84 valence electrons. The molecule has 0 spiro atoms. The third kappa shape index (κ3) is 1.68. The standard InChI is InChI=1S/C11H19N3O/c1-2-14-7-4-9(13-14)10(15)11(8-12)5-3-6-11/h4,7,10,15H,2-3,5-6,8,12H2,1H3. The van der Waals surface area contributed by atoms with Gasteiger partial charge in [-0.25, -0.2) is 0 Å². The topological polar surface area (TPSA) is 64.1 Å². The molecule has 15 heavy (non-hydrogen) atoms. The number of aromatic nitrogens is 2. The predicted octanol–water partition coefficient (Wildman–Crippen LogP) is 1.07. The quantitative estimate of drug-likeness (QED) is 0.779. The summed E-state index contributed by atoms with van der Waals surface area (Å²) in [4.78, 5) is 0. The second kappa shape index (κ2) is 3.94. The molecule has 0 aromatic carbocycles. The van der Waals surface area contributed by atoms with Crippen molar-refractivity contribution in [1.82, 2.24) is 9.78 Å². The van der Waals surface area contributed by atoms with Crippen molar-refractivity contribution < 1.29 is 5.11 Å². The molecule has 1 aliphatic rings. The van der Waals surface area contributed by atoms with Crippen molar-refractivity contribution in [2.45, 2.75) is 38.8 Å². The van der Waals surface area contributed by atoms with Gasteiger partial charge in [-0.15, -0.1) is 0 Å². The fourth-order valence-corrected chi connectivity index (χ4v) is 2.23. The molecule has 1 atom stereocenters. The first kappa shape index (κ1) is 10.6. The summed E-state index contributed by atoms with van der Waals surface area (Å²) in [6.07, 6.45) is 4.61. The Morgan fingerprint density at radius 3 is 2.80 bits per heavy atom. The zero-order valence-corrected chi connectivity index (χ0v) is 9.19. The molecule has 1 heterocycles. The Hall–Kier alpha value is -0.870. The Bertz CT molecular complexity index is 325. The van der Waals surface area contributed by atoms with E-state index in [1.165, 1.54) is 6.42 Å². The van der Waals surface area contributed by atoms with Crippen molar-refractivity contribution in [3.05, 3.63) is 18.0 Å². The zero-order chi connectivity index (χ0) is 10.9. The van der Waals surface area contributed by atoms with Gasteiger partial charge in [-0.1, -0.05) is 6.42 Å². The van der Waals surface area contributed by atoms with Crippen molar-refractivity contribution in [2.24, 2.45) is 11.1 Å². The van der Waals surface area contributed by atoms with Crippen molar-refractivity contribution in [3.63, 3.8) is 0 Å². The molecule has 1 aliphatic carbocycles. The lowest BCUT2D eigenvalue weighted by Gasteiger charge is -2.44. The highest BCUT2D eigenvalue weighted by Crippen LogP contribution is 2.48. The fraction of sp³-hybridized carbons (Fsp3) is 0.727.